The monoisotopic (exact) mass is 347 g/mol. The van der Waals surface area contributed by atoms with Gasteiger partial charge >= 0.3 is 5.97 Å². The number of carbonyl (C=O) groups excluding carboxylic acids is 2. The molecule has 0 bridgehead atoms. The molecule has 2 aromatic rings. The van der Waals surface area contributed by atoms with E-state index in [1.807, 2.05) is 0 Å². The van der Waals surface area contributed by atoms with Crippen LogP contribution < -0.4 is 5.32 Å². The molecule has 2 aromatic carbocycles. The summed E-state index contributed by atoms with van der Waals surface area (Å²) in [6, 6.07) is 10.6. The average molecular weight is 348 g/mol. The number of esters is 1. The Hall–Kier alpha value is -2.40. The number of benzene rings is 2. The summed E-state index contributed by atoms with van der Waals surface area (Å²) >= 11 is 5.97. The zero-order chi connectivity index (χ0) is 17.3. The highest BCUT2D eigenvalue weighted by Crippen LogP contribution is 2.49. The van der Waals surface area contributed by atoms with E-state index < -0.39 is 11.4 Å². The fraction of sp³-hybridized carbons (Fsp3) is 0.222. The maximum absolute atomic E-state index is 13.1. The normalized spacial score (nSPS) is 14.8. The second-order valence-corrected chi connectivity index (χ2v) is 6.14. The number of hydrogen-bond acceptors (Lipinski definition) is 3. The molecule has 124 valence electrons. The van der Waals surface area contributed by atoms with Crippen molar-refractivity contribution in [2.75, 3.05) is 12.4 Å². The van der Waals surface area contributed by atoms with Crippen LogP contribution in [0.3, 0.4) is 0 Å². The Morgan fingerprint density at radius 1 is 1.17 bits per heavy atom. The van der Waals surface area contributed by atoms with E-state index in [0.717, 1.165) is 5.56 Å². The molecule has 1 fully saturated rings. The first kappa shape index (κ1) is 16.5. The van der Waals surface area contributed by atoms with Crippen molar-refractivity contribution >= 4 is 29.2 Å². The van der Waals surface area contributed by atoms with E-state index in [4.69, 9.17) is 11.6 Å². The summed E-state index contributed by atoms with van der Waals surface area (Å²) in [6.07, 6.45) is 1.39. The maximum Gasteiger partial charge on any atom is 0.339 e. The van der Waals surface area contributed by atoms with E-state index >= 15 is 0 Å². The van der Waals surface area contributed by atoms with Crippen LogP contribution in [-0.2, 0) is 14.9 Å². The number of carbonyl (C=O) groups is 2. The van der Waals surface area contributed by atoms with Crippen LogP contribution in [0.1, 0.15) is 28.8 Å². The van der Waals surface area contributed by atoms with Gasteiger partial charge in [-0.15, -0.1) is 0 Å². The maximum atomic E-state index is 13.1. The lowest BCUT2D eigenvalue weighted by Gasteiger charge is -2.16. The highest BCUT2D eigenvalue weighted by atomic mass is 35.5. The Bertz CT molecular complexity index is 800. The first-order valence-electron chi connectivity index (χ1n) is 7.42. The third kappa shape index (κ3) is 2.99. The van der Waals surface area contributed by atoms with E-state index in [1.54, 1.807) is 18.2 Å². The van der Waals surface area contributed by atoms with Crippen LogP contribution in [0.15, 0.2) is 42.5 Å². The van der Waals surface area contributed by atoms with Crippen molar-refractivity contribution < 1.29 is 18.7 Å². The summed E-state index contributed by atoms with van der Waals surface area (Å²) in [4.78, 5) is 24.3. The molecule has 6 heteroatoms. The number of methoxy groups -OCH3 is 1. The van der Waals surface area contributed by atoms with Crippen molar-refractivity contribution in [1.82, 2.24) is 0 Å². The topological polar surface area (TPSA) is 55.4 Å². The van der Waals surface area contributed by atoms with Gasteiger partial charge in [0.15, 0.2) is 0 Å². The van der Waals surface area contributed by atoms with E-state index in [1.165, 1.54) is 31.4 Å². The Morgan fingerprint density at radius 2 is 1.83 bits per heavy atom. The van der Waals surface area contributed by atoms with Crippen LogP contribution in [0.5, 0.6) is 0 Å². The van der Waals surface area contributed by atoms with Gasteiger partial charge in [0.2, 0.25) is 5.91 Å². The molecule has 0 heterocycles. The van der Waals surface area contributed by atoms with Gasteiger partial charge in [-0.1, -0.05) is 23.7 Å². The van der Waals surface area contributed by atoms with Crippen molar-refractivity contribution in [3.05, 3.63) is 64.4 Å². The predicted octanol–water partition coefficient (Wildman–Crippen LogP) is 3.94. The van der Waals surface area contributed by atoms with Crippen molar-refractivity contribution in [3.63, 3.8) is 0 Å². The molecule has 4 nitrogen and oxygen atoms in total. The van der Waals surface area contributed by atoms with Crippen LogP contribution in [0.25, 0.3) is 0 Å². The van der Waals surface area contributed by atoms with Crippen LogP contribution >= 0.6 is 11.6 Å². The SMILES string of the molecule is COC(=O)c1cc(NC(=O)C2(c3ccc(F)cc3)CC2)ccc1Cl. The molecular weight excluding hydrogens is 333 g/mol. The van der Waals surface area contributed by atoms with Crippen LogP contribution in [0, 0.1) is 5.82 Å². The molecule has 1 saturated carbocycles. The smallest absolute Gasteiger partial charge is 0.339 e. The van der Waals surface area contributed by atoms with Gasteiger partial charge in [-0.05, 0) is 48.7 Å². The Balaban J connectivity index is 1.82. The molecule has 0 aromatic heterocycles. The number of hydrogen-bond donors (Lipinski definition) is 1. The zero-order valence-corrected chi connectivity index (χ0v) is 13.7. The third-order valence-corrected chi connectivity index (χ3v) is 4.54. The fourth-order valence-electron chi connectivity index (χ4n) is 2.66. The molecule has 3 rings (SSSR count). The summed E-state index contributed by atoms with van der Waals surface area (Å²) in [5.74, 6) is -1.10. The van der Waals surface area contributed by atoms with Gasteiger partial charge in [0, 0.05) is 5.69 Å². The number of nitrogens with one attached hydrogen (secondary N) is 1. The Kier molecular flexibility index (Phi) is 4.28. The summed E-state index contributed by atoms with van der Waals surface area (Å²) in [5.41, 5.74) is 0.781. The number of ether oxygens (including phenoxy) is 1. The largest absolute Gasteiger partial charge is 0.465 e. The molecule has 0 radical (unpaired) electrons. The number of rotatable bonds is 4. The van der Waals surface area contributed by atoms with Crippen molar-refractivity contribution in [3.8, 4) is 0 Å². The molecule has 1 amide bonds. The standard InChI is InChI=1S/C18H15ClFNO3/c1-24-16(22)14-10-13(6-7-15(14)19)21-17(23)18(8-9-18)11-2-4-12(20)5-3-11/h2-7,10H,8-9H2,1H3,(H,21,23). The van der Waals surface area contributed by atoms with E-state index in [9.17, 15) is 14.0 Å². The Morgan fingerprint density at radius 3 is 2.42 bits per heavy atom. The van der Waals surface area contributed by atoms with Gasteiger partial charge in [-0.2, -0.15) is 0 Å². The molecule has 1 aliphatic rings. The van der Waals surface area contributed by atoms with Crippen molar-refractivity contribution in [1.29, 1.82) is 0 Å². The first-order valence-corrected chi connectivity index (χ1v) is 7.79. The molecule has 0 saturated heterocycles. The van der Waals surface area contributed by atoms with Crippen LogP contribution in [0.4, 0.5) is 10.1 Å². The fourth-order valence-corrected chi connectivity index (χ4v) is 2.86. The van der Waals surface area contributed by atoms with Gasteiger partial charge in [0.1, 0.15) is 5.82 Å². The highest BCUT2D eigenvalue weighted by molar-refractivity contribution is 6.33. The first-order chi connectivity index (χ1) is 11.5. The minimum Gasteiger partial charge on any atom is -0.465 e. The summed E-state index contributed by atoms with van der Waals surface area (Å²) in [6.45, 7) is 0. The summed E-state index contributed by atoms with van der Waals surface area (Å²) < 4.78 is 17.7. The molecule has 0 atom stereocenters. The van der Waals surface area contributed by atoms with Crippen molar-refractivity contribution in [2.45, 2.75) is 18.3 Å². The Labute approximate surface area is 143 Å². The van der Waals surface area contributed by atoms with Crippen molar-refractivity contribution in [2.24, 2.45) is 0 Å². The van der Waals surface area contributed by atoms with E-state index in [2.05, 4.69) is 10.1 Å². The van der Waals surface area contributed by atoms with Gasteiger partial charge < -0.3 is 10.1 Å². The lowest BCUT2D eigenvalue weighted by atomic mass is 9.95. The summed E-state index contributed by atoms with van der Waals surface area (Å²) in [5, 5.41) is 3.05. The predicted molar refractivity (Wildman–Crippen MR) is 88.7 cm³/mol. The minimum atomic E-state index is -0.640. The molecule has 0 unspecified atom stereocenters. The van der Waals surface area contributed by atoms with Gasteiger partial charge in [0.05, 0.1) is 23.1 Å². The molecule has 0 spiro atoms. The molecule has 1 N–H and O–H groups in total. The molecule has 1 aliphatic carbocycles. The lowest BCUT2D eigenvalue weighted by Crippen LogP contribution is -2.27. The van der Waals surface area contributed by atoms with Gasteiger partial charge in [-0.25, -0.2) is 9.18 Å². The number of amides is 1. The highest BCUT2D eigenvalue weighted by Gasteiger charge is 2.51. The van der Waals surface area contributed by atoms with E-state index in [0.29, 0.717) is 18.5 Å². The number of halogens is 2. The average Bonchev–Trinajstić information content (AvgIpc) is 3.38. The number of anilines is 1. The van der Waals surface area contributed by atoms with Gasteiger partial charge in [-0.3, -0.25) is 4.79 Å². The van der Waals surface area contributed by atoms with Gasteiger partial charge in [0.25, 0.3) is 0 Å². The van der Waals surface area contributed by atoms with Crippen LogP contribution in [-0.4, -0.2) is 19.0 Å². The zero-order valence-electron chi connectivity index (χ0n) is 12.9. The molecule has 0 aliphatic heterocycles. The third-order valence-electron chi connectivity index (χ3n) is 4.21. The van der Waals surface area contributed by atoms with E-state index in [-0.39, 0.29) is 22.3 Å². The second kappa shape index (κ2) is 6.24. The minimum absolute atomic E-state index is 0.184. The molecule has 24 heavy (non-hydrogen) atoms. The second-order valence-electron chi connectivity index (χ2n) is 5.73. The lowest BCUT2D eigenvalue weighted by molar-refractivity contribution is -0.118. The quantitative estimate of drug-likeness (QED) is 0.852. The summed E-state index contributed by atoms with van der Waals surface area (Å²) in [7, 11) is 1.26. The van der Waals surface area contributed by atoms with Crippen LogP contribution in [0.2, 0.25) is 5.02 Å². The molecular formula is C18H15ClFNO3.